The minimum atomic E-state index is -0.293. The average molecular weight is 361 g/mol. The maximum atomic E-state index is 14.4. The van der Waals surface area contributed by atoms with Crippen molar-refractivity contribution in [1.82, 2.24) is 25.0 Å². The predicted molar refractivity (Wildman–Crippen MR) is 104 cm³/mol. The molecule has 0 spiro atoms. The molecule has 0 fully saturated rings. The van der Waals surface area contributed by atoms with Gasteiger partial charge in [-0.3, -0.25) is 14.8 Å². The minimum absolute atomic E-state index is 0.205. The highest BCUT2D eigenvalue weighted by atomic mass is 19.1. The fraction of sp³-hybridized carbons (Fsp3) is 0.190. The van der Waals surface area contributed by atoms with Crippen molar-refractivity contribution < 1.29 is 4.39 Å². The van der Waals surface area contributed by atoms with Gasteiger partial charge in [0.25, 0.3) is 0 Å². The van der Waals surface area contributed by atoms with Crippen LogP contribution in [0.15, 0.2) is 55.0 Å². The van der Waals surface area contributed by atoms with Crippen molar-refractivity contribution in [3.05, 3.63) is 66.5 Å². The molecular formula is C21H20FN5. The third-order valence-electron chi connectivity index (χ3n) is 4.47. The molecule has 4 aromatic rings. The van der Waals surface area contributed by atoms with Crippen LogP contribution in [0.4, 0.5) is 4.39 Å². The molecule has 4 rings (SSSR count). The Kier molecular flexibility index (Phi) is 4.32. The van der Waals surface area contributed by atoms with Gasteiger partial charge in [0.05, 0.1) is 11.9 Å². The van der Waals surface area contributed by atoms with Crippen LogP contribution in [0.3, 0.4) is 0 Å². The topological polar surface area (TPSA) is 59.4 Å². The standard InChI is InChI=1S/C21H20FN5/c1-13(2)27-12-18(20-6-4-5-14(3)25-20)21(26-27)15-7-8-19(22)17(9-15)16-10-23-24-11-16/h4-13H,1-3H3,(H,23,24). The lowest BCUT2D eigenvalue weighted by Gasteiger charge is -2.06. The van der Waals surface area contributed by atoms with E-state index in [0.29, 0.717) is 11.1 Å². The lowest BCUT2D eigenvalue weighted by atomic mass is 10.0. The van der Waals surface area contributed by atoms with Gasteiger partial charge in [-0.15, -0.1) is 0 Å². The first-order valence-corrected chi connectivity index (χ1v) is 8.85. The molecule has 0 atom stereocenters. The highest BCUT2D eigenvalue weighted by Gasteiger charge is 2.17. The zero-order valence-corrected chi connectivity index (χ0v) is 15.4. The molecule has 1 aromatic carbocycles. The number of aromatic amines is 1. The number of nitrogens with one attached hydrogen (secondary N) is 1. The van der Waals surface area contributed by atoms with E-state index in [4.69, 9.17) is 5.10 Å². The number of rotatable bonds is 4. The summed E-state index contributed by atoms with van der Waals surface area (Å²) >= 11 is 0. The number of hydrogen-bond donors (Lipinski definition) is 1. The molecule has 0 aliphatic carbocycles. The smallest absolute Gasteiger partial charge is 0.131 e. The van der Waals surface area contributed by atoms with Crippen molar-refractivity contribution in [3.8, 4) is 33.6 Å². The summed E-state index contributed by atoms with van der Waals surface area (Å²) in [6.45, 7) is 6.11. The van der Waals surface area contributed by atoms with Crippen molar-refractivity contribution in [1.29, 1.82) is 0 Å². The lowest BCUT2D eigenvalue weighted by molar-refractivity contribution is 0.534. The number of H-pyrrole nitrogens is 1. The van der Waals surface area contributed by atoms with E-state index in [1.54, 1.807) is 18.5 Å². The van der Waals surface area contributed by atoms with E-state index < -0.39 is 0 Å². The molecule has 27 heavy (non-hydrogen) atoms. The molecule has 0 saturated carbocycles. The van der Waals surface area contributed by atoms with Gasteiger partial charge in [0.2, 0.25) is 0 Å². The molecule has 0 unspecified atom stereocenters. The van der Waals surface area contributed by atoms with Gasteiger partial charge in [-0.25, -0.2) is 4.39 Å². The first kappa shape index (κ1) is 17.1. The second-order valence-electron chi connectivity index (χ2n) is 6.81. The second-order valence-corrected chi connectivity index (χ2v) is 6.81. The molecule has 0 amide bonds. The molecule has 1 N–H and O–H groups in total. The number of pyridine rings is 1. The Morgan fingerprint density at radius 2 is 1.93 bits per heavy atom. The van der Waals surface area contributed by atoms with Crippen molar-refractivity contribution in [2.45, 2.75) is 26.8 Å². The molecule has 3 heterocycles. The molecule has 0 radical (unpaired) electrons. The Morgan fingerprint density at radius 3 is 2.63 bits per heavy atom. The number of aryl methyl sites for hydroxylation is 1. The molecule has 5 nitrogen and oxygen atoms in total. The molecule has 0 bridgehead atoms. The highest BCUT2D eigenvalue weighted by Crippen LogP contribution is 2.34. The van der Waals surface area contributed by atoms with E-state index in [9.17, 15) is 4.39 Å². The van der Waals surface area contributed by atoms with Crippen molar-refractivity contribution in [2.24, 2.45) is 0 Å². The van der Waals surface area contributed by atoms with E-state index >= 15 is 0 Å². The molecule has 6 heteroatoms. The minimum Gasteiger partial charge on any atom is -0.285 e. The van der Waals surface area contributed by atoms with Crippen LogP contribution in [0.25, 0.3) is 33.6 Å². The summed E-state index contributed by atoms with van der Waals surface area (Å²) in [5.41, 5.74) is 5.53. The van der Waals surface area contributed by atoms with Crippen LogP contribution >= 0.6 is 0 Å². The van der Waals surface area contributed by atoms with Crippen LogP contribution in [0, 0.1) is 12.7 Å². The quantitative estimate of drug-likeness (QED) is 0.554. The van der Waals surface area contributed by atoms with Crippen molar-refractivity contribution in [3.63, 3.8) is 0 Å². The first-order valence-electron chi connectivity index (χ1n) is 8.85. The van der Waals surface area contributed by atoms with Crippen LogP contribution in [-0.2, 0) is 0 Å². The molecule has 0 aliphatic rings. The van der Waals surface area contributed by atoms with Gasteiger partial charge in [0.1, 0.15) is 11.5 Å². The van der Waals surface area contributed by atoms with Crippen LogP contribution in [0.2, 0.25) is 0 Å². The third kappa shape index (κ3) is 3.26. The van der Waals surface area contributed by atoms with E-state index in [1.165, 1.54) is 6.07 Å². The zero-order chi connectivity index (χ0) is 19.0. The zero-order valence-electron chi connectivity index (χ0n) is 15.4. The maximum absolute atomic E-state index is 14.4. The number of aromatic nitrogens is 5. The summed E-state index contributed by atoms with van der Waals surface area (Å²) in [5, 5.41) is 11.4. The monoisotopic (exact) mass is 361 g/mol. The van der Waals surface area contributed by atoms with Gasteiger partial charge in [0.15, 0.2) is 0 Å². The Labute approximate surface area is 156 Å². The average Bonchev–Trinajstić information content (AvgIpc) is 3.32. The molecule has 0 saturated heterocycles. The first-order chi connectivity index (χ1) is 13.0. The Bertz CT molecular complexity index is 1080. The Morgan fingerprint density at radius 1 is 1.07 bits per heavy atom. The van der Waals surface area contributed by atoms with Gasteiger partial charge in [-0.05, 0) is 51.1 Å². The van der Waals surface area contributed by atoms with Crippen LogP contribution in [0.1, 0.15) is 25.6 Å². The molecule has 136 valence electrons. The van der Waals surface area contributed by atoms with E-state index in [2.05, 4.69) is 29.0 Å². The largest absolute Gasteiger partial charge is 0.285 e. The van der Waals surface area contributed by atoms with Crippen molar-refractivity contribution in [2.75, 3.05) is 0 Å². The summed E-state index contributed by atoms with van der Waals surface area (Å²) in [5.74, 6) is -0.293. The number of hydrogen-bond acceptors (Lipinski definition) is 3. The van der Waals surface area contributed by atoms with E-state index in [-0.39, 0.29) is 11.9 Å². The van der Waals surface area contributed by atoms with Gasteiger partial charge < -0.3 is 0 Å². The fourth-order valence-corrected chi connectivity index (χ4v) is 3.04. The van der Waals surface area contributed by atoms with Crippen molar-refractivity contribution >= 4 is 0 Å². The van der Waals surface area contributed by atoms with Gasteiger partial charge in [-0.2, -0.15) is 10.2 Å². The molecule has 0 aliphatic heterocycles. The van der Waals surface area contributed by atoms with Gasteiger partial charge in [-0.1, -0.05) is 6.07 Å². The van der Waals surface area contributed by atoms with Gasteiger partial charge in [0, 0.05) is 46.4 Å². The molecule has 3 aromatic heterocycles. The summed E-state index contributed by atoms with van der Waals surface area (Å²) in [6.07, 6.45) is 5.29. The third-order valence-corrected chi connectivity index (χ3v) is 4.47. The summed E-state index contributed by atoms with van der Waals surface area (Å²) in [6, 6.07) is 11.2. The summed E-state index contributed by atoms with van der Waals surface area (Å²) in [7, 11) is 0. The highest BCUT2D eigenvalue weighted by molar-refractivity contribution is 5.81. The number of benzene rings is 1. The van der Waals surface area contributed by atoms with Crippen LogP contribution in [-0.4, -0.2) is 25.0 Å². The molecular weight excluding hydrogens is 341 g/mol. The van der Waals surface area contributed by atoms with E-state index in [1.807, 2.05) is 42.1 Å². The van der Waals surface area contributed by atoms with Crippen LogP contribution < -0.4 is 0 Å². The Balaban J connectivity index is 1.90. The normalized spacial score (nSPS) is 11.3. The second kappa shape index (κ2) is 6.79. The predicted octanol–water partition coefficient (Wildman–Crippen LogP) is 5.03. The Hall–Kier alpha value is -3.28. The van der Waals surface area contributed by atoms with Gasteiger partial charge >= 0.3 is 0 Å². The summed E-state index contributed by atoms with van der Waals surface area (Å²) in [4.78, 5) is 4.65. The number of nitrogens with zero attached hydrogens (tertiary/aromatic N) is 4. The van der Waals surface area contributed by atoms with E-state index in [0.717, 1.165) is 28.2 Å². The number of halogens is 1. The maximum Gasteiger partial charge on any atom is 0.131 e. The van der Waals surface area contributed by atoms with Crippen LogP contribution in [0.5, 0.6) is 0 Å². The SMILES string of the molecule is Cc1cccc(-c2cn(C(C)C)nc2-c2ccc(F)c(-c3cn[nH]c3)c2)n1. The summed E-state index contributed by atoms with van der Waals surface area (Å²) < 4.78 is 16.3. The fourth-order valence-electron chi connectivity index (χ4n) is 3.04. The lowest BCUT2D eigenvalue weighted by Crippen LogP contribution is -2.00.